The molecule has 2 aromatic rings. The van der Waals surface area contributed by atoms with Crippen LogP contribution in [0.3, 0.4) is 0 Å². The second-order valence-corrected chi connectivity index (χ2v) is 6.31. The maximum absolute atomic E-state index is 13.2. The minimum atomic E-state index is -1.08. The zero-order valence-electron chi connectivity index (χ0n) is 13.8. The first-order chi connectivity index (χ1) is 12.4. The van der Waals surface area contributed by atoms with E-state index in [1.54, 1.807) is 17.0 Å². The van der Waals surface area contributed by atoms with E-state index in [1.807, 2.05) is 0 Å². The summed E-state index contributed by atoms with van der Waals surface area (Å²) in [7, 11) is 0. The van der Waals surface area contributed by atoms with Gasteiger partial charge in [0, 0.05) is 37.5 Å². The van der Waals surface area contributed by atoms with Crippen LogP contribution in [0.5, 0.6) is 0 Å². The summed E-state index contributed by atoms with van der Waals surface area (Å²) in [6, 6.07) is 8.87. The van der Waals surface area contributed by atoms with Gasteiger partial charge in [-0.3, -0.25) is 9.59 Å². The quantitative estimate of drug-likeness (QED) is 0.889. The fourth-order valence-electron chi connectivity index (χ4n) is 2.93. The number of nitrogens with zero attached hydrogens (tertiary/aromatic N) is 1. The number of halogens is 3. The van der Waals surface area contributed by atoms with Crippen LogP contribution in [0.2, 0.25) is 0 Å². The van der Waals surface area contributed by atoms with Crippen LogP contribution in [-0.2, 0) is 11.3 Å². The lowest BCUT2D eigenvalue weighted by Crippen LogP contribution is -2.31. The van der Waals surface area contributed by atoms with Gasteiger partial charge in [-0.15, -0.1) is 0 Å². The third-order valence-electron chi connectivity index (χ3n) is 4.31. The average Bonchev–Trinajstić information content (AvgIpc) is 2.97. The highest BCUT2D eigenvalue weighted by Crippen LogP contribution is 2.20. The molecular weight excluding hydrogens is 345 g/mol. The van der Waals surface area contributed by atoms with Crippen molar-refractivity contribution in [2.24, 2.45) is 5.92 Å². The summed E-state index contributed by atoms with van der Waals surface area (Å²) >= 11 is 0. The third-order valence-corrected chi connectivity index (χ3v) is 4.31. The van der Waals surface area contributed by atoms with Crippen molar-refractivity contribution >= 4 is 11.8 Å². The molecule has 2 aromatic carbocycles. The molecule has 1 aliphatic rings. The molecule has 136 valence electrons. The molecule has 1 fully saturated rings. The second kappa shape index (κ2) is 7.59. The molecule has 0 saturated carbocycles. The number of amides is 2. The number of hydrogen-bond donors (Lipinski definition) is 1. The molecular formula is C19H17F3N2O2. The van der Waals surface area contributed by atoms with Crippen LogP contribution in [0.15, 0.2) is 42.5 Å². The predicted molar refractivity (Wildman–Crippen MR) is 88.6 cm³/mol. The van der Waals surface area contributed by atoms with Crippen LogP contribution < -0.4 is 5.32 Å². The molecule has 1 atom stereocenters. The van der Waals surface area contributed by atoms with Gasteiger partial charge in [0.05, 0.1) is 0 Å². The molecule has 0 aliphatic carbocycles. The summed E-state index contributed by atoms with van der Waals surface area (Å²) in [4.78, 5) is 25.8. The highest BCUT2D eigenvalue weighted by atomic mass is 19.2. The number of nitrogens with one attached hydrogen (secondary N) is 1. The van der Waals surface area contributed by atoms with Gasteiger partial charge in [0.1, 0.15) is 5.82 Å². The molecule has 3 rings (SSSR count). The first-order valence-corrected chi connectivity index (χ1v) is 8.18. The van der Waals surface area contributed by atoms with E-state index in [0.29, 0.717) is 19.5 Å². The van der Waals surface area contributed by atoms with Crippen LogP contribution in [0.1, 0.15) is 22.3 Å². The molecule has 0 spiro atoms. The number of carbonyl (C=O) groups is 2. The van der Waals surface area contributed by atoms with Gasteiger partial charge in [-0.2, -0.15) is 0 Å². The van der Waals surface area contributed by atoms with E-state index in [0.717, 1.165) is 17.7 Å². The first-order valence-electron chi connectivity index (χ1n) is 8.18. The minimum absolute atomic E-state index is 0.0244. The summed E-state index contributed by atoms with van der Waals surface area (Å²) in [6.07, 6.45) is 0.291. The van der Waals surface area contributed by atoms with E-state index in [4.69, 9.17) is 0 Å². The lowest BCUT2D eigenvalue weighted by Gasteiger charge is -2.17. The van der Waals surface area contributed by atoms with E-state index in [-0.39, 0.29) is 29.8 Å². The Bertz CT molecular complexity index is 824. The Morgan fingerprint density at radius 3 is 2.50 bits per heavy atom. The number of benzene rings is 2. The summed E-state index contributed by atoms with van der Waals surface area (Å²) in [5.74, 6) is -3.07. The smallest absolute Gasteiger partial charge is 0.251 e. The van der Waals surface area contributed by atoms with Crippen LogP contribution in [0, 0.1) is 23.4 Å². The molecule has 4 nitrogen and oxygen atoms in total. The molecule has 7 heteroatoms. The van der Waals surface area contributed by atoms with Crippen molar-refractivity contribution in [2.75, 3.05) is 13.1 Å². The van der Waals surface area contributed by atoms with Gasteiger partial charge in [0.25, 0.3) is 5.91 Å². The van der Waals surface area contributed by atoms with Crippen LogP contribution in [0.4, 0.5) is 13.2 Å². The van der Waals surface area contributed by atoms with Gasteiger partial charge < -0.3 is 10.2 Å². The Kier molecular flexibility index (Phi) is 5.25. The average molecular weight is 362 g/mol. The lowest BCUT2D eigenvalue weighted by atomic mass is 10.1. The van der Waals surface area contributed by atoms with Crippen LogP contribution in [0.25, 0.3) is 0 Å². The SMILES string of the molecule is O=C(NCC1CC(=O)N(Cc2ccc(F)cc2)C1)c1ccc(F)c(F)c1. The summed E-state index contributed by atoms with van der Waals surface area (Å²) in [5, 5.41) is 2.64. The zero-order valence-corrected chi connectivity index (χ0v) is 13.8. The second-order valence-electron chi connectivity index (χ2n) is 6.31. The van der Waals surface area contributed by atoms with Crippen molar-refractivity contribution in [1.82, 2.24) is 10.2 Å². The topological polar surface area (TPSA) is 49.4 Å². The van der Waals surface area contributed by atoms with E-state index >= 15 is 0 Å². The van der Waals surface area contributed by atoms with E-state index < -0.39 is 17.5 Å². The van der Waals surface area contributed by atoms with Crippen molar-refractivity contribution < 1.29 is 22.8 Å². The Hall–Kier alpha value is -2.83. The number of likely N-dealkylation sites (tertiary alicyclic amines) is 1. The van der Waals surface area contributed by atoms with Crippen molar-refractivity contribution in [3.63, 3.8) is 0 Å². The monoisotopic (exact) mass is 362 g/mol. The normalized spacial score (nSPS) is 16.8. The molecule has 0 bridgehead atoms. The highest BCUT2D eigenvalue weighted by Gasteiger charge is 2.29. The largest absolute Gasteiger partial charge is 0.352 e. The van der Waals surface area contributed by atoms with Gasteiger partial charge in [0.2, 0.25) is 5.91 Å². The Morgan fingerprint density at radius 2 is 1.81 bits per heavy atom. The maximum atomic E-state index is 13.2. The van der Waals surface area contributed by atoms with Crippen molar-refractivity contribution in [3.8, 4) is 0 Å². The molecule has 1 aliphatic heterocycles. The predicted octanol–water partition coefficient (Wildman–Crippen LogP) is 2.88. The van der Waals surface area contributed by atoms with Crippen molar-refractivity contribution in [3.05, 3.63) is 71.0 Å². The van der Waals surface area contributed by atoms with E-state index in [1.165, 1.54) is 18.2 Å². The molecule has 1 unspecified atom stereocenters. The van der Waals surface area contributed by atoms with Crippen molar-refractivity contribution in [1.29, 1.82) is 0 Å². The van der Waals surface area contributed by atoms with Crippen LogP contribution >= 0.6 is 0 Å². The summed E-state index contributed by atoms with van der Waals surface area (Å²) in [6.45, 7) is 1.10. The molecule has 0 radical (unpaired) electrons. The lowest BCUT2D eigenvalue weighted by molar-refractivity contribution is -0.128. The van der Waals surface area contributed by atoms with E-state index in [2.05, 4.69) is 5.32 Å². The van der Waals surface area contributed by atoms with Gasteiger partial charge in [-0.25, -0.2) is 13.2 Å². The Morgan fingerprint density at radius 1 is 1.08 bits per heavy atom. The molecule has 1 saturated heterocycles. The fourth-order valence-corrected chi connectivity index (χ4v) is 2.93. The number of carbonyl (C=O) groups excluding carboxylic acids is 2. The molecule has 26 heavy (non-hydrogen) atoms. The summed E-state index contributed by atoms with van der Waals surface area (Å²) < 4.78 is 39.0. The first kappa shape index (κ1) is 18.0. The van der Waals surface area contributed by atoms with Gasteiger partial charge in [-0.05, 0) is 35.9 Å². The van der Waals surface area contributed by atoms with Crippen molar-refractivity contribution in [2.45, 2.75) is 13.0 Å². The van der Waals surface area contributed by atoms with Gasteiger partial charge in [-0.1, -0.05) is 12.1 Å². The van der Waals surface area contributed by atoms with Gasteiger partial charge >= 0.3 is 0 Å². The standard InChI is InChI=1S/C19H17F3N2O2/c20-15-4-1-12(2-5-15)10-24-11-13(7-18(24)25)9-23-19(26)14-3-6-16(21)17(22)8-14/h1-6,8,13H,7,9-11H2,(H,23,26). The molecule has 1 heterocycles. The Balaban J connectivity index is 1.53. The fraction of sp³-hybridized carbons (Fsp3) is 0.263. The Labute approximate surface area is 148 Å². The zero-order chi connectivity index (χ0) is 18.7. The molecule has 2 amide bonds. The number of rotatable bonds is 5. The molecule has 1 N–H and O–H groups in total. The van der Waals surface area contributed by atoms with Gasteiger partial charge in [0.15, 0.2) is 11.6 Å². The summed E-state index contributed by atoms with van der Waals surface area (Å²) in [5.41, 5.74) is 0.850. The van der Waals surface area contributed by atoms with Crippen LogP contribution in [-0.4, -0.2) is 29.8 Å². The highest BCUT2D eigenvalue weighted by molar-refractivity contribution is 5.94. The molecule has 0 aromatic heterocycles. The minimum Gasteiger partial charge on any atom is -0.352 e. The number of hydrogen-bond acceptors (Lipinski definition) is 2. The maximum Gasteiger partial charge on any atom is 0.251 e. The van der Waals surface area contributed by atoms with E-state index in [9.17, 15) is 22.8 Å². The third kappa shape index (κ3) is 4.22.